The van der Waals surface area contributed by atoms with Crippen molar-refractivity contribution in [3.63, 3.8) is 0 Å². The summed E-state index contributed by atoms with van der Waals surface area (Å²) in [5.74, 6) is -0.425. The van der Waals surface area contributed by atoms with Crippen molar-refractivity contribution >= 4 is 11.7 Å². The van der Waals surface area contributed by atoms with Gasteiger partial charge >= 0.3 is 0 Å². The maximum atomic E-state index is 13.7. The van der Waals surface area contributed by atoms with Gasteiger partial charge in [-0.25, -0.2) is 4.39 Å². The summed E-state index contributed by atoms with van der Waals surface area (Å²) >= 11 is 0. The van der Waals surface area contributed by atoms with Crippen LogP contribution in [0, 0.1) is 12.7 Å². The van der Waals surface area contributed by atoms with Crippen molar-refractivity contribution in [2.45, 2.75) is 26.2 Å². The van der Waals surface area contributed by atoms with Crippen molar-refractivity contribution in [3.8, 4) is 5.69 Å². The number of aryl methyl sites for hydroxylation is 1. The number of nitrogens with two attached hydrogens (primary N) is 1. The molecular weight excluding hydrogens is 285 g/mol. The van der Waals surface area contributed by atoms with Gasteiger partial charge in [0.15, 0.2) is 11.5 Å². The van der Waals surface area contributed by atoms with E-state index in [0.717, 1.165) is 19.3 Å². The van der Waals surface area contributed by atoms with E-state index in [9.17, 15) is 9.18 Å². The van der Waals surface area contributed by atoms with Gasteiger partial charge in [-0.15, -0.1) is 5.10 Å². The molecule has 1 aliphatic rings. The van der Waals surface area contributed by atoms with E-state index in [-0.39, 0.29) is 23.2 Å². The number of hydrogen-bond acceptors (Lipinski definition) is 4. The van der Waals surface area contributed by atoms with Gasteiger partial charge in [0.05, 0.1) is 5.69 Å². The van der Waals surface area contributed by atoms with Gasteiger partial charge in [0.25, 0.3) is 5.91 Å². The highest BCUT2D eigenvalue weighted by molar-refractivity contribution is 5.96. The van der Waals surface area contributed by atoms with Gasteiger partial charge in [0, 0.05) is 13.1 Å². The van der Waals surface area contributed by atoms with Crippen LogP contribution in [0.1, 0.15) is 35.3 Å². The summed E-state index contributed by atoms with van der Waals surface area (Å²) in [4.78, 5) is 14.2. The first-order valence-corrected chi connectivity index (χ1v) is 7.35. The minimum Gasteiger partial charge on any atom is -0.382 e. The Morgan fingerprint density at radius 3 is 2.68 bits per heavy atom. The number of halogens is 1. The average molecular weight is 303 g/mol. The van der Waals surface area contributed by atoms with Crippen LogP contribution in [0.5, 0.6) is 0 Å². The number of anilines is 1. The molecule has 1 saturated heterocycles. The molecule has 0 aliphatic carbocycles. The first-order valence-electron chi connectivity index (χ1n) is 7.35. The molecule has 0 bridgehead atoms. The summed E-state index contributed by atoms with van der Waals surface area (Å²) in [5, 5.41) is 7.79. The molecule has 1 fully saturated rings. The Kier molecular flexibility index (Phi) is 3.79. The molecule has 0 radical (unpaired) electrons. The Morgan fingerprint density at radius 2 is 2.00 bits per heavy atom. The highest BCUT2D eigenvalue weighted by Gasteiger charge is 2.25. The minimum atomic E-state index is -0.351. The van der Waals surface area contributed by atoms with Crippen LogP contribution < -0.4 is 5.73 Å². The summed E-state index contributed by atoms with van der Waals surface area (Å²) in [6.45, 7) is 3.10. The number of nitrogen functional groups attached to an aromatic ring is 1. The maximum Gasteiger partial charge on any atom is 0.278 e. The quantitative estimate of drug-likeness (QED) is 0.919. The number of likely N-dealkylation sites (tertiary alicyclic amines) is 1. The molecule has 1 aliphatic heterocycles. The fourth-order valence-electron chi connectivity index (χ4n) is 2.59. The molecule has 0 spiro atoms. The van der Waals surface area contributed by atoms with Gasteiger partial charge < -0.3 is 10.6 Å². The molecule has 0 saturated carbocycles. The molecule has 0 atom stereocenters. The Labute approximate surface area is 127 Å². The van der Waals surface area contributed by atoms with E-state index < -0.39 is 0 Å². The second-order valence-corrected chi connectivity index (χ2v) is 5.52. The van der Waals surface area contributed by atoms with Crippen molar-refractivity contribution in [3.05, 3.63) is 35.3 Å². The van der Waals surface area contributed by atoms with Crippen LogP contribution in [0.15, 0.2) is 18.2 Å². The lowest BCUT2D eigenvalue weighted by molar-refractivity contribution is 0.0719. The van der Waals surface area contributed by atoms with Crippen LogP contribution in [0.2, 0.25) is 0 Å². The summed E-state index contributed by atoms with van der Waals surface area (Å²) in [6.07, 6.45) is 3.11. The second-order valence-electron chi connectivity index (χ2n) is 5.52. The molecule has 6 nitrogen and oxygen atoms in total. The average Bonchev–Trinajstić information content (AvgIpc) is 2.92. The Morgan fingerprint density at radius 1 is 1.27 bits per heavy atom. The van der Waals surface area contributed by atoms with Crippen molar-refractivity contribution < 1.29 is 9.18 Å². The fraction of sp³-hybridized carbons (Fsp3) is 0.400. The van der Waals surface area contributed by atoms with Gasteiger partial charge in [0.1, 0.15) is 5.82 Å². The first kappa shape index (κ1) is 14.5. The standard InChI is InChI=1S/C15H18FN5O/c1-10-5-6-11(9-12(10)16)21-14(17)13(18-19-21)15(22)20-7-3-2-4-8-20/h5-6,9H,2-4,7-8,17H2,1H3. The van der Waals surface area contributed by atoms with Crippen molar-refractivity contribution in [2.75, 3.05) is 18.8 Å². The number of piperidine rings is 1. The van der Waals surface area contributed by atoms with Crippen molar-refractivity contribution in [1.29, 1.82) is 0 Å². The number of hydrogen-bond donors (Lipinski definition) is 1. The van der Waals surface area contributed by atoms with E-state index in [1.807, 2.05) is 0 Å². The predicted molar refractivity (Wildman–Crippen MR) is 80.2 cm³/mol. The molecule has 1 amide bonds. The Balaban J connectivity index is 1.91. The second kappa shape index (κ2) is 5.75. The van der Waals surface area contributed by atoms with Gasteiger partial charge in [-0.2, -0.15) is 4.68 Å². The topological polar surface area (TPSA) is 77.0 Å². The van der Waals surface area contributed by atoms with Crippen molar-refractivity contribution in [2.24, 2.45) is 0 Å². The number of amides is 1. The minimum absolute atomic E-state index is 0.128. The zero-order chi connectivity index (χ0) is 15.7. The lowest BCUT2D eigenvalue weighted by Crippen LogP contribution is -2.36. The normalized spacial score (nSPS) is 15.1. The SMILES string of the molecule is Cc1ccc(-n2nnc(C(=O)N3CCCCC3)c2N)cc1F. The highest BCUT2D eigenvalue weighted by atomic mass is 19.1. The van der Waals surface area contributed by atoms with Gasteiger partial charge in [-0.1, -0.05) is 11.3 Å². The van der Waals surface area contributed by atoms with E-state index in [1.54, 1.807) is 24.0 Å². The van der Waals surface area contributed by atoms with E-state index in [1.165, 1.54) is 10.7 Å². The number of carbonyl (C=O) groups excluding carboxylic acids is 1. The Hall–Kier alpha value is -2.44. The van der Waals surface area contributed by atoms with Crippen LogP contribution in [0.4, 0.5) is 10.2 Å². The molecule has 22 heavy (non-hydrogen) atoms. The molecule has 2 N–H and O–H groups in total. The van der Waals surface area contributed by atoms with E-state index in [4.69, 9.17) is 5.73 Å². The monoisotopic (exact) mass is 303 g/mol. The lowest BCUT2D eigenvalue weighted by atomic mass is 10.1. The number of benzene rings is 1. The molecule has 2 aromatic rings. The van der Waals surface area contributed by atoms with Crippen LogP contribution in [0.3, 0.4) is 0 Å². The first-order chi connectivity index (χ1) is 10.6. The van der Waals surface area contributed by atoms with Gasteiger partial charge in [0.2, 0.25) is 0 Å². The van der Waals surface area contributed by atoms with Gasteiger partial charge in [-0.3, -0.25) is 4.79 Å². The third-order valence-electron chi connectivity index (χ3n) is 3.95. The summed E-state index contributed by atoms with van der Waals surface area (Å²) in [6, 6.07) is 4.66. The number of rotatable bonds is 2. The number of nitrogens with zero attached hydrogens (tertiary/aromatic N) is 4. The third-order valence-corrected chi connectivity index (χ3v) is 3.95. The molecule has 1 aromatic carbocycles. The molecule has 7 heteroatoms. The third kappa shape index (κ3) is 2.54. The molecule has 0 unspecified atom stereocenters. The summed E-state index contributed by atoms with van der Waals surface area (Å²) in [5.41, 5.74) is 7.11. The van der Waals surface area contributed by atoms with E-state index in [2.05, 4.69) is 10.3 Å². The smallest absolute Gasteiger partial charge is 0.278 e. The lowest BCUT2D eigenvalue weighted by Gasteiger charge is -2.25. The largest absolute Gasteiger partial charge is 0.382 e. The zero-order valence-electron chi connectivity index (χ0n) is 12.4. The van der Waals surface area contributed by atoms with Crippen LogP contribution in [-0.4, -0.2) is 38.9 Å². The number of aromatic nitrogens is 3. The van der Waals surface area contributed by atoms with Crippen LogP contribution in [-0.2, 0) is 0 Å². The van der Waals surface area contributed by atoms with E-state index >= 15 is 0 Å². The zero-order valence-corrected chi connectivity index (χ0v) is 12.4. The molecule has 3 rings (SSSR count). The predicted octanol–water partition coefficient (Wildman–Crippen LogP) is 1.92. The molecule has 116 valence electrons. The van der Waals surface area contributed by atoms with Crippen LogP contribution in [0.25, 0.3) is 5.69 Å². The highest BCUT2D eigenvalue weighted by Crippen LogP contribution is 2.20. The van der Waals surface area contributed by atoms with Crippen molar-refractivity contribution in [1.82, 2.24) is 19.9 Å². The van der Waals surface area contributed by atoms with Crippen LogP contribution >= 0.6 is 0 Å². The summed E-state index contributed by atoms with van der Waals surface area (Å²) in [7, 11) is 0. The maximum absolute atomic E-state index is 13.7. The molecule has 1 aromatic heterocycles. The van der Waals surface area contributed by atoms with Gasteiger partial charge in [-0.05, 0) is 43.9 Å². The number of carbonyl (C=O) groups is 1. The summed E-state index contributed by atoms with van der Waals surface area (Å²) < 4.78 is 15.0. The van der Waals surface area contributed by atoms with E-state index in [0.29, 0.717) is 24.3 Å². The Bertz CT molecular complexity index is 706. The molecular formula is C15H18FN5O. The fourth-order valence-corrected chi connectivity index (χ4v) is 2.59. The molecule has 2 heterocycles.